The van der Waals surface area contributed by atoms with E-state index in [1.165, 1.54) is 12.1 Å². The average molecular weight is 293 g/mol. The van der Waals surface area contributed by atoms with E-state index in [-0.39, 0.29) is 29.6 Å². The van der Waals surface area contributed by atoms with Crippen LogP contribution < -0.4 is 5.32 Å². The number of nitrogens with one attached hydrogen (secondary N) is 1. The number of hydrogen-bond donors (Lipinski definition) is 2. The Morgan fingerprint density at radius 3 is 2.52 bits per heavy atom. The molecule has 0 saturated heterocycles. The third kappa shape index (κ3) is 4.27. The van der Waals surface area contributed by atoms with Gasteiger partial charge in [0.05, 0.1) is 12.0 Å². The molecule has 3 unspecified atom stereocenters. The fraction of sp³-hybridized carbons (Fsp3) is 0.588. The molecular weight excluding hydrogens is 269 g/mol. The van der Waals surface area contributed by atoms with Crippen molar-refractivity contribution in [3.05, 3.63) is 35.6 Å². The highest BCUT2D eigenvalue weighted by Gasteiger charge is 2.32. The van der Waals surface area contributed by atoms with Crippen molar-refractivity contribution in [2.75, 3.05) is 0 Å². The van der Waals surface area contributed by atoms with Crippen LogP contribution in [0, 0.1) is 17.7 Å². The van der Waals surface area contributed by atoms with Crippen molar-refractivity contribution in [2.45, 2.75) is 51.7 Å². The van der Waals surface area contributed by atoms with Gasteiger partial charge in [-0.2, -0.15) is 0 Å². The first-order valence-corrected chi connectivity index (χ1v) is 7.70. The molecule has 0 aliphatic heterocycles. The number of halogens is 1. The van der Waals surface area contributed by atoms with E-state index in [4.69, 9.17) is 0 Å². The predicted molar refractivity (Wildman–Crippen MR) is 80.2 cm³/mol. The molecule has 1 amide bonds. The minimum atomic E-state index is -0.511. The zero-order valence-electron chi connectivity index (χ0n) is 12.7. The van der Waals surface area contributed by atoms with Gasteiger partial charge < -0.3 is 10.4 Å². The number of amides is 1. The fourth-order valence-electron chi connectivity index (χ4n) is 2.86. The molecule has 3 atom stereocenters. The van der Waals surface area contributed by atoms with E-state index < -0.39 is 6.10 Å². The zero-order valence-corrected chi connectivity index (χ0v) is 12.7. The number of aliphatic hydroxyl groups is 1. The Hall–Kier alpha value is -1.42. The molecule has 0 spiro atoms. The van der Waals surface area contributed by atoms with Crippen LogP contribution in [0.4, 0.5) is 4.39 Å². The number of aliphatic hydroxyl groups excluding tert-OH is 1. The highest BCUT2D eigenvalue weighted by molar-refractivity contribution is 5.79. The van der Waals surface area contributed by atoms with Gasteiger partial charge in [-0.25, -0.2) is 4.39 Å². The first kappa shape index (κ1) is 16.0. The molecule has 1 aliphatic rings. The van der Waals surface area contributed by atoms with Crippen LogP contribution in [0.2, 0.25) is 0 Å². The van der Waals surface area contributed by atoms with E-state index in [1.807, 2.05) is 0 Å². The largest absolute Gasteiger partial charge is 0.392 e. The van der Waals surface area contributed by atoms with Gasteiger partial charge in [-0.15, -0.1) is 0 Å². The van der Waals surface area contributed by atoms with Crippen molar-refractivity contribution >= 4 is 5.91 Å². The second-order valence-electron chi connectivity index (χ2n) is 6.29. The predicted octanol–water partition coefficient (Wildman–Crippen LogP) is 2.67. The highest BCUT2D eigenvalue weighted by atomic mass is 19.1. The van der Waals surface area contributed by atoms with E-state index >= 15 is 0 Å². The molecule has 0 aromatic heterocycles. The molecule has 21 heavy (non-hydrogen) atoms. The number of rotatable bonds is 5. The minimum Gasteiger partial charge on any atom is -0.392 e. The van der Waals surface area contributed by atoms with Gasteiger partial charge in [-0.05, 0) is 49.3 Å². The van der Waals surface area contributed by atoms with Gasteiger partial charge in [-0.1, -0.05) is 26.0 Å². The minimum absolute atomic E-state index is 0.00392. The lowest BCUT2D eigenvalue weighted by atomic mass is 9.95. The summed E-state index contributed by atoms with van der Waals surface area (Å²) < 4.78 is 12.9. The van der Waals surface area contributed by atoms with Crippen LogP contribution in [0.15, 0.2) is 24.3 Å². The first-order valence-electron chi connectivity index (χ1n) is 7.70. The lowest BCUT2D eigenvalue weighted by molar-refractivity contribution is -0.128. The maximum absolute atomic E-state index is 12.9. The van der Waals surface area contributed by atoms with Crippen LogP contribution in [0.5, 0.6) is 0 Å². The van der Waals surface area contributed by atoms with Crippen LogP contribution in [0.3, 0.4) is 0 Å². The Morgan fingerprint density at radius 2 is 2.00 bits per heavy atom. The molecule has 0 radical (unpaired) electrons. The Labute approximate surface area is 125 Å². The van der Waals surface area contributed by atoms with Crippen LogP contribution in [0.25, 0.3) is 0 Å². The van der Waals surface area contributed by atoms with Gasteiger partial charge in [0.1, 0.15) is 5.82 Å². The third-order valence-electron chi connectivity index (χ3n) is 4.32. The first-order chi connectivity index (χ1) is 9.97. The highest BCUT2D eigenvalue weighted by Crippen LogP contribution is 2.26. The van der Waals surface area contributed by atoms with E-state index in [2.05, 4.69) is 19.2 Å². The molecule has 0 heterocycles. The maximum atomic E-state index is 12.9. The molecule has 3 nitrogen and oxygen atoms in total. The van der Waals surface area contributed by atoms with Gasteiger partial charge in [-0.3, -0.25) is 4.79 Å². The van der Waals surface area contributed by atoms with Crippen LogP contribution >= 0.6 is 0 Å². The Bertz CT molecular complexity index is 472. The molecule has 2 N–H and O–H groups in total. The summed E-state index contributed by atoms with van der Waals surface area (Å²) in [5, 5.41) is 12.9. The van der Waals surface area contributed by atoms with E-state index in [0.29, 0.717) is 12.8 Å². The molecular formula is C17H24FNO2. The number of carbonyl (C=O) groups excluding carboxylic acids is 1. The number of benzene rings is 1. The molecule has 1 saturated carbocycles. The summed E-state index contributed by atoms with van der Waals surface area (Å²) >= 11 is 0. The normalized spacial score (nSPS) is 23.3. The van der Waals surface area contributed by atoms with Crippen molar-refractivity contribution in [2.24, 2.45) is 11.8 Å². The van der Waals surface area contributed by atoms with Crippen LogP contribution in [0.1, 0.15) is 38.7 Å². The fourth-order valence-corrected chi connectivity index (χ4v) is 2.86. The zero-order chi connectivity index (χ0) is 15.4. The van der Waals surface area contributed by atoms with Crippen molar-refractivity contribution in [1.82, 2.24) is 5.32 Å². The lowest BCUT2D eigenvalue weighted by Gasteiger charge is -2.25. The molecule has 1 aliphatic carbocycles. The summed E-state index contributed by atoms with van der Waals surface area (Å²) in [6.45, 7) is 4.11. The molecule has 1 aromatic rings. The standard InChI is InChI=1S/C17H24FNO2/c1-11(2)15(10-12-6-8-13(18)9-7-12)19-17(21)14-4-3-5-16(14)20/h6-9,11,14-16,20H,3-5,10H2,1-2H3,(H,19,21). The summed E-state index contributed by atoms with van der Waals surface area (Å²) in [7, 11) is 0. The molecule has 4 heteroatoms. The smallest absolute Gasteiger partial charge is 0.225 e. The lowest BCUT2D eigenvalue weighted by Crippen LogP contribution is -2.44. The summed E-state index contributed by atoms with van der Waals surface area (Å²) in [6, 6.07) is 6.38. The summed E-state index contributed by atoms with van der Waals surface area (Å²) in [5.74, 6) is -0.309. The van der Waals surface area contributed by atoms with Gasteiger partial charge in [0.2, 0.25) is 5.91 Å². The number of hydrogen-bond acceptors (Lipinski definition) is 2. The second-order valence-corrected chi connectivity index (χ2v) is 6.29. The Kier molecular flexibility index (Phi) is 5.34. The topological polar surface area (TPSA) is 49.3 Å². The van der Waals surface area contributed by atoms with Crippen LogP contribution in [-0.4, -0.2) is 23.2 Å². The average Bonchev–Trinajstić information content (AvgIpc) is 2.86. The van der Waals surface area contributed by atoms with Crippen molar-refractivity contribution in [1.29, 1.82) is 0 Å². The summed E-state index contributed by atoms with van der Waals surface area (Å²) in [4.78, 5) is 12.3. The van der Waals surface area contributed by atoms with Crippen molar-refractivity contribution in [3.8, 4) is 0 Å². The van der Waals surface area contributed by atoms with Gasteiger partial charge in [0.15, 0.2) is 0 Å². The van der Waals surface area contributed by atoms with Gasteiger partial charge in [0.25, 0.3) is 0 Å². The van der Waals surface area contributed by atoms with Crippen molar-refractivity contribution < 1.29 is 14.3 Å². The Balaban J connectivity index is 1.98. The summed E-state index contributed by atoms with van der Waals surface area (Å²) in [5.41, 5.74) is 1.00. The monoisotopic (exact) mass is 293 g/mol. The van der Waals surface area contributed by atoms with E-state index in [9.17, 15) is 14.3 Å². The molecule has 2 rings (SSSR count). The third-order valence-corrected chi connectivity index (χ3v) is 4.32. The van der Waals surface area contributed by atoms with E-state index in [1.54, 1.807) is 12.1 Å². The summed E-state index contributed by atoms with van der Waals surface area (Å²) in [6.07, 6.45) is 2.54. The SMILES string of the molecule is CC(C)C(Cc1ccc(F)cc1)NC(=O)C1CCCC1O. The van der Waals surface area contributed by atoms with E-state index in [0.717, 1.165) is 18.4 Å². The van der Waals surface area contributed by atoms with Gasteiger partial charge in [0, 0.05) is 6.04 Å². The van der Waals surface area contributed by atoms with Crippen LogP contribution in [-0.2, 0) is 11.2 Å². The number of carbonyl (C=O) groups is 1. The Morgan fingerprint density at radius 1 is 1.33 bits per heavy atom. The quantitative estimate of drug-likeness (QED) is 0.877. The molecule has 0 bridgehead atoms. The maximum Gasteiger partial charge on any atom is 0.225 e. The molecule has 116 valence electrons. The van der Waals surface area contributed by atoms with Crippen molar-refractivity contribution in [3.63, 3.8) is 0 Å². The van der Waals surface area contributed by atoms with Gasteiger partial charge >= 0.3 is 0 Å². The molecule has 1 fully saturated rings. The molecule has 1 aromatic carbocycles. The second kappa shape index (κ2) is 7.03.